The van der Waals surface area contributed by atoms with Crippen molar-refractivity contribution in [3.63, 3.8) is 0 Å². The number of nitrogens with zero attached hydrogens (tertiary/aromatic N) is 3. The molecular weight excluding hydrogens is 563 g/mol. The lowest BCUT2D eigenvalue weighted by atomic mass is 9.81. The molecule has 1 aliphatic heterocycles. The van der Waals surface area contributed by atoms with Crippen molar-refractivity contribution in [2.45, 2.75) is 50.7 Å². The molecule has 1 amide bonds. The van der Waals surface area contributed by atoms with Crippen molar-refractivity contribution in [2.75, 3.05) is 13.2 Å². The largest absolute Gasteiger partial charge is 0.490 e. The summed E-state index contributed by atoms with van der Waals surface area (Å²) in [6.45, 7) is 9.42. The van der Waals surface area contributed by atoms with Crippen LogP contribution in [0.4, 0.5) is 4.39 Å². The quantitative estimate of drug-likeness (QED) is 0.221. The Morgan fingerprint density at radius 2 is 1.89 bits per heavy atom. The molecule has 0 spiro atoms. The number of fused-ring (bicyclic) bond motifs is 1. The zero-order valence-corrected chi connectivity index (χ0v) is 24.9. The van der Waals surface area contributed by atoms with E-state index < -0.39 is 28.8 Å². The van der Waals surface area contributed by atoms with E-state index in [1.807, 2.05) is 18.2 Å². The lowest BCUT2D eigenvalue weighted by Gasteiger charge is -2.26. The minimum Gasteiger partial charge on any atom is -0.490 e. The van der Waals surface area contributed by atoms with E-state index in [1.54, 1.807) is 51.4 Å². The van der Waals surface area contributed by atoms with Gasteiger partial charge in [-0.1, -0.05) is 12.6 Å². The summed E-state index contributed by atoms with van der Waals surface area (Å²) in [5.74, 6) is -0.00997. The van der Waals surface area contributed by atoms with Crippen molar-refractivity contribution in [2.24, 2.45) is 5.73 Å². The number of ether oxygens (including phenoxy) is 2. The number of benzene rings is 2. The first-order valence-corrected chi connectivity index (χ1v) is 14.2. The van der Waals surface area contributed by atoms with E-state index in [0.717, 1.165) is 22.3 Å². The summed E-state index contributed by atoms with van der Waals surface area (Å²) >= 11 is 0. The number of hydrogen-bond acceptors (Lipinski definition) is 8. The monoisotopic (exact) mass is 598 g/mol. The van der Waals surface area contributed by atoms with Gasteiger partial charge in [0.05, 0.1) is 11.8 Å². The van der Waals surface area contributed by atoms with E-state index in [9.17, 15) is 19.4 Å². The first-order chi connectivity index (χ1) is 20.9. The fraction of sp³-hybridized carbons (Fsp3) is 0.294. The standard InChI is InChI=1S/C34H35FN4O5/c1-20(23-7-10-28(43-17-21(2)40)26(13-23)24-15-37-19-38-16-24)11-12-34(4,42)29-14-27-31(44-18-33(27,3)32(36)41)30(39-29)22-5-8-25(35)9-6-22/h5-10,13-16,19,21,40,42H,1,11-12,17-18H2,2-4H3,(H2,36,41)/t21-,33+,34+/m1/s1. The molecule has 0 bridgehead atoms. The number of pyridine rings is 1. The fourth-order valence-electron chi connectivity index (χ4n) is 5.08. The summed E-state index contributed by atoms with van der Waals surface area (Å²) in [5, 5.41) is 21.5. The molecule has 0 saturated heterocycles. The highest BCUT2D eigenvalue weighted by molar-refractivity contribution is 5.90. The van der Waals surface area contributed by atoms with Crippen LogP contribution in [0.15, 0.2) is 73.8 Å². The molecule has 228 valence electrons. The van der Waals surface area contributed by atoms with E-state index in [1.165, 1.54) is 18.5 Å². The van der Waals surface area contributed by atoms with Crippen molar-refractivity contribution in [3.8, 4) is 33.9 Å². The maximum Gasteiger partial charge on any atom is 0.231 e. The smallest absolute Gasteiger partial charge is 0.231 e. The molecule has 0 fully saturated rings. The molecular formula is C34H35FN4O5. The van der Waals surface area contributed by atoms with Crippen LogP contribution in [-0.2, 0) is 15.8 Å². The number of aromatic nitrogens is 3. The molecule has 0 radical (unpaired) electrons. The number of allylic oxidation sites excluding steroid dienone is 1. The second kappa shape index (κ2) is 12.1. The second-order valence-corrected chi connectivity index (χ2v) is 11.6. The van der Waals surface area contributed by atoms with Crippen LogP contribution in [-0.4, -0.2) is 50.4 Å². The molecule has 3 atom stereocenters. The Hall–Kier alpha value is -4.67. The minimum absolute atomic E-state index is 0.0294. The Balaban J connectivity index is 1.45. The predicted octanol–water partition coefficient (Wildman–Crippen LogP) is 4.94. The molecule has 3 heterocycles. The Kier molecular flexibility index (Phi) is 8.49. The molecule has 4 aromatic rings. The zero-order chi connectivity index (χ0) is 31.6. The maximum absolute atomic E-state index is 13.7. The van der Waals surface area contributed by atoms with Gasteiger partial charge in [0, 0.05) is 34.6 Å². The van der Waals surface area contributed by atoms with Crippen LogP contribution < -0.4 is 15.2 Å². The highest BCUT2D eigenvalue weighted by Crippen LogP contribution is 2.46. The van der Waals surface area contributed by atoms with Crippen LogP contribution in [0.2, 0.25) is 0 Å². The van der Waals surface area contributed by atoms with Gasteiger partial charge in [0.2, 0.25) is 5.91 Å². The molecule has 2 aromatic carbocycles. The number of rotatable bonds is 11. The summed E-state index contributed by atoms with van der Waals surface area (Å²) in [6, 6.07) is 13.1. The van der Waals surface area contributed by atoms with Gasteiger partial charge in [-0.25, -0.2) is 19.3 Å². The van der Waals surface area contributed by atoms with Crippen LogP contribution in [0.5, 0.6) is 11.5 Å². The molecule has 9 nitrogen and oxygen atoms in total. The van der Waals surface area contributed by atoms with Gasteiger partial charge in [-0.05, 0) is 87.2 Å². The summed E-state index contributed by atoms with van der Waals surface area (Å²) in [7, 11) is 0. The first kappa shape index (κ1) is 30.8. The van der Waals surface area contributed by atoms with Gasteiger partial charge in [0.15, 0.2) is 0 Å². The predicted molar refractivity (Wildman–Crippen MR) is 164 cm³/mol. The van der Waals surface area contributed by atoms with Crippen LogP contribution in [0.3, 0.4) is 0 Å². The third kappa shape index (κ3) is 6.17. The van der Waals surface area contributed by atoms with Gasteiger partial charge < -0.3 is 25.4 Å². The number of aliphatic hydroxyl groups is 2. The average Bonchev–Trinajstić information content (AvgIpc) is 3.37. The van der Waals surface area contributed by atoms with Gasteiger partial charge in [-0.2, -0.15) is 0 Å². The number of primary amides is 1. The molecule has 1 aliphatic rings. The molecule has 10 heteroatoms. The van der Waals surface area contributed by atoms with Crippen molar-refractivity contribution in [1.29, 1.82) is 0 Å². The normalized spacial score (nSPS) is 17.7. The molecule has 5 rings (SSSR count). The van der Waals surface area contributed by atoms with Crippen LogP contribution >= 0.6 is 0 Å². The number of aliphatic hydroxyl groups excluding tert-OH is 1. The van der Waals surface area contributed by atoms with Gasteiger partial charge in [0.1, 0.15) is 53.6 Å². The van der Waals surface area contributed by atoms with Gasteiger partial charge in [-0.3, -0.25) is 4.79 Å². The second-order valence-electron chi connectivity index (χ2n) is 11.6. The number of hydrogen-bond donors (Lipinski definition) is 3. The number of carbonyl (C=O) groups is 1. The van der Waals surface area contributed by atoms with Crippen molar-refractivity contribution in [1.82, 2.24) is 15.0 Å². The highest BCUT2D eigenvalue weighted by atomic mass is 19.1. The molecule has 4 N–H and O–H groups in total. The highest BCUT2D eigenvalue weighted by Gasteiger charge is 2.45. The summed E-state index contributed by atoms with van der Waals surface area (Å²) in [5.41, 5.74) is 8.10. The Labute approximate surface area is 255 Å². The number of amides is 1. The maximum atomic E-state index is 13.7. The molecule has 0 unspecified atom stereocenters. The van der Waals surface area contributed by atoms with Gasteiger partial charge in [0.25, 0.3) is 0 Å². The van der Waals surface area contributed by atoms with E-state index in [0.29, 0.717) is 40.4 Å². The Bertz CT molecular complexity index is 1690. The topological polar surface area (TPSA) is 141 Å². The molecule has 44 heavy (non-hydrogen) atoms. The summed E-state index contributed by atoms with van der Waals surface area (Å²) < 4.78 is 25.5. The van der Waals surface area contributed by atoms with Crippen molar-refractivity contribution >= 4 is 11.5 Å². The number of halogens is 1. The van der Waals surface area contributed by atoms with E-state index in [4.69, 9.17) is 20.2 Å². The van der Waals surface area contributed by atoms with E-state index >= 15 is 0 Å². The first-order valence-electron chi connectivity index (χ1n) is 14.2. The Morgan fingerprint density at radius 3 is 2.55 bits per heavy atom. The third-order valence-corrected chi connectivity index (χ3v) is 7.94. The lowest BCUT2D eigenvalue weighted by molar-refractivity contribution is -0.123. The van der Waals surface area contributed by atoms with Gasteiger partial charge in [-0.15, -0.1) is 0 Å². The zero-order valence-electron chi connectivity index (χ0n) is 24.9. The molecule has 0 aliphatic carbocycles. The van der Waals surface area contributed by atoms with Crippen LogP contribution in [0.1, 0.15) is 50.4 Å². The fourth-order valence-corrected chi connectivity index (χ4v) is 5.08. The van der Waals surface area contributed by atoms with Crippen molar-refractivity contribution < 1.29 is 28.9 Å². The number of nitrogens with two attached hydrogens (primary N) is 1. The average molecular weight is 599 g/mol. The minimum atomic E-state index is -1.44. The van der Waals surface area contributed by atoms with Gasteiger partial charge >= 0.3 is 0 Å². The SMILES string of the molecule is C=C(CC[C@](C)(O)c1cc2c(c(-c3ccc(F)cc3)n1)OC[C@]2(C)C(N)=O)c1ccc(OC[C@@H](C)O)c(-c2cncnc2)c1. The van der Waals surface area contributed by atoms with Crippen LogP contribution in [0.25, 0.3) is 28.0 Å². The third-order valence-electron chi connectivity index (χ3n) is 7.94. The summed E-state index contributed by atoms with van der Waals surface area (Å²) in [4.78, 5) is 25.5. The number of carbonyl (C=O) groups excluding carboxylic acids is 1. The van der Waals surface area contributed by atoms with E-state index in [2.05, 4.69) is 16.5 Å². The summed E-state index contributed by atoms with van der Waals surface area (Å²) in [6.07, 6.45) is 4.80. The van der Waals surface area contributed by atoms with E-state index in [-0.39, 0.29) is 19.6 Å². The Morgan fingerprint density at radius 1 is 1.18 bits per heavy atom. The lowest BCUT2D eigenvalue weighted by Crippen LogP contribution is -2.40. The molecule has 2 aromatic heterocycles. The molecule has 0 saturated carbocycles. The van der Waals surface area contributed by atoms with Crippen molar-refractivity contribution in [3.05, 3.63) is 96.5 Å². The van der Waals surface area contributed by atoms with Crippen LogP contribution in [0, 0.1) is 5.82 Å².